The zero-order valence-electron chi connectivity index (χ0n) is 20.6. The first-order valence-corrected chi connectivity index (χ1v) is 12.9. The molecule has 4 unspecified atom stereocenters. The Balaban J connectivity index is 2.91. The monoisotopic (exact) mass is 523 g/mol. The summed E-state index contributed by atoms with van der Waals surface area (Å²) in [5.41, 5.74) is 17.6. The molecule has 0 heterocycles. The smallest absolute Gasteiger partial charge is 0.325 e. The summed E-state index contributed by atoms with van der Waals surface area (Å²) >= 11 is 1.50. The second-order valence-corrected chi connectivity index (χ2v) is 9.20. The Morgan fingerprint density at radius 1 is 0.972 bits per heavy atom. The van der Waals surface area contributed by atoms with Crippen molar-refractivity contribution in [2.45, 2.75) is 56.8 Å². The number of carboxylic acid groups (broad SMARTS) is 1. The number of guanidine groups is 1. The van der Waals surface area contributed by atoms with Crippen LogP contribution in [0.3, 0.4) is 0 Å². The lowest BCUT2D eigenvalue weighted by atomic mass is 10.0. The Kier molecular flexibility index (Phi) is 14.0. The summed E-state index contributed by atoms with van der Waals surface area (Å²) in [6.45, 7) is 1.53. The van der Waals surface area contributed by atoms with Gasteiger partial charge in [-0.05, 0) is 50.2 Å². The van der Waals surface area contributed by atoms with Crippen molar-refractivity contribution >= 4 is 41.4 Å². The van der Waals surface area contributed by atoms with E-state index in [0.717, 1.165) is 5.56 Å². The molecule has 36 heavy (non-hydrogen) atoms. The number of carboxylic acids is 1. The maximum atomic E-state index is 13.1. The Morgan fingerprint density at radius 2 is 1.56 bits per heavy atom. The van der Waals surface area contributed by atoms with Crippen LogP contribution in [0.4, 0.5) is 0 Å². The number of hydrogen-bond donors (Lipinski definition) is 7. The van der Waals surface area contributed by atoms with Gasteiger partial charge in [-0.1, -0.05) is 30.3 Å². The SMILES string of the molecule is CSCCC(NC(=O)C(N)Cc1ccccc1)C(=O)NC(CCCN=C(N)N)C(=O)NC(C)C(=O)O. The predicted molar refractivity (Wildman–Crippen MR) is 140 cm³/mol. The van der Waals surface area contributed by atoms with Crippen molar-refractivity contribution in [3.8, 4) is 0 Å². The molecule has 0 aliphatic carbocycles. The number of carbonyl (C=O) groups is 4. The van der Waals surface area contributed by atoms with E-state index < -0.39 is 47.9 Å². The summed E-state index contributed by atoms with van der Waals surface area (Å²) in [6.07, 6.45) is 2.97. The van der Waals surface area contributed by atoms with Gasteiger partial charge in [-0.2, -0.15) is 11.8 Å². The normalized spacial score (nSPS) is 14.0. The Bertz CT molecular complexity index is 896. The van der Waals surface area contributed by atoms with Crippen LogP contribution >= 0.6 is 11.8 Å². The maximum Gasteiger partial charge on any atom is 0.325 e. The highest BCUT2D eigenvalue weighted by atomic mass is 32.2. The Morgan fingerprint density at radius 3 is 2.14 bits per heavy atom. The first-order chi connectivity index (χ1) is 17.0. The van der Waals surface area contributed by atoms with Crippen LogP contribution in [0.25, 0.3) is 0 Å². The molecule has 0 bridgehead atoms. The first kappa shape index (κ1) is 30.7. The lowest BCUT2D eigenvalue weighted by molar-refractivity contribution is -0.141. The minimum absolute atomic E-state index is 0.105. The quantitative estimate of drug-likeness (QED) is 0.0795. The molecule has 0 saturated heterocycles. The van der Waals surface area contributed by atoms with E-state index >= 15 is 0 Å². The number of aliphatic carboxylic acids is 1. The van der Waals surface area contributed by atoms with Crippen LogP contribution in [-0.4, -0.2) is 77.5 Å². The van der Waals surface area contributed by atoms with E-state index in [0.29, 0.717) is 25.0 Å². The number of carbonyl (C=O) groups excluding carboxylic acids is 3. The number of benzene rings is 1. The molecule has 3 amide bonds. The predicted octanol–water partition coefficient (Wildman–Crippen LogP) is -1.08. The van der Waals surface area contributed by atoms with Crippen LogP contribution in [0.2, 0.25) is 0 Å². The van der Waals surface area contributed by atoms with Crippen LogP contribution < -0.4 is 33.2 Å². The zero-order chi connectivity index (χ0) is 27.1. The molecule has 0 fully saturated rings. The van der Waals surface area contributed by atoms with Crippen molar-refractivity contribution in [1.82, 2.24) is 16.0 Å². The molecule has 0 saturated carbocycles. The molecule has 0 spiro atoms. The van der Waals surface area contributed by atoms with Crippen LogP contribution in [0.15, 0.2) is 35.3 Å². The maximum absolute atomic E-state index is 13.1. The minimum atomic E-state index is -1.22. The molecule has 10 N–H and O–H groups in total. The van der Waals surface area contributed by atoms with E-state index in [1.54, 1.807) is 0 Å². The second kappa shape index (κ2) is 16.4. The molecule has 13 heteroatoms. The van der Waals surface area contributed by atoms with Gasteiger partial charge in [0, 0.05) is 6.54 Å². The lowest BCUT2D eigenvalue weighted by Crippen LogP contribution is -2.57. The summed E-state index contributed by atoms with van der Waals surface area (Å²) in [5, 5.41) is 16.8. The van der Waals surface area contributed by atoms with Gasteiger partial charge in [0.15, 0.2) is 5.96 Å². The molecule has 200 valence electrons. The van der Waals surface area contributed by atoms with Crippen LogP contribution in [0, 0.1) is 0 Å². The number of nitrogens with two attached hydrogens (primary N) is 3. The summed E-state index contributed by atoms with van der Waals surface area (Å²) in [4.78, 5) is 53.5. The van der Waals surface area contributed by atoms with Crippen molar-refractivity contribution in [2.24, 2.45) is 22.2 Å². The highest BCUT2D eigenvalue weighted by Gasteiger charge is 2.29. The fourth-order valence-corrected chi connectivity index (χ4v) is 3.64. The molecule has 0 aliphatic heterocycles. The van der Waals surface area contributed by atoms with Gasteiger partial charge in [0.25, 0.3) is 0 Å². The summed E-state index contributed by atoms with van der Waals surface area (Å²) < 4.78 is 0. The van der Waals surface area contributed by atoms with E-state index in [1.807, 2.05) is 36.6 Å². The highest BCUT2D eigenvalue weighted by molar-refractivity contribution is 7.98. The van der Waals surface area contributed by atoms with E-state index in [-0.39, 0.29) is 18.9 Å². The third-order valence-electron chi connectivity index (χ3n) is 5.19. The molecule has 0 aliphatic rings. The Labute approximate surface area is 215 Å². The summed E-state index contributed by atoms with van der Waals surface area (Å²) in [5.74, 6) is -2.48. The molecular weight excluding hydrogens is 486 g/mol. The van der Waals surface area contributed by atoms with Crippen molar-refractivity contribution in [2.75, 3.05) is 18.6 Å². The number of hydrogen-bond acceptors (Lipinski definition) is 7. The van der Waals surface area contributed by atoms with Crippen LogP contribution in [0.1, 0.15) is 31.7 Å². The molecule has 12 nitrogen and oxygen atoms in total. The van der Waals surface area contributed by atoms with Gasteiger partial charge in [-0.15, -0.1) is 0 Å². The second-order valence-electron chi connectivity index (χ2n) is 8.22. The van der Waals surface area contributed by atoms with Gasteiger partial charge in [0.1, 0.15) is 18.1 Å². The van der Waals surface area contributed by atoms with E-state index in [4.69, 9.17) is 22.3 Å². The first-order valence-electron chi connectivity index (χ1n) is 11.5. The molecular formula is C23H37N7O5S. The van der Waals surface area contributed by atoms with Gasteiger partial charge in [-0.3, -0.25) is 24.2 Å². The van der Waals surface area contributed by atoms with E-state index in [2.05, 4.69) is 20.9 Å². The molecule has 0 aromatic heterocycles. The van der Waals surface area contributed by atoms with Crippen molar-refractivity contribution in [3.05, 3.63) is 35.9 Å². The fourth-order valence-electron chi connectivity index (χ4n) is 3.16. The van der Waals surface area contributed by atoms with Crippen molar-refractivity contribution in [1.29, 1.82) is 0 Å². The highest BCUT2D eigenvalue weighted by Crippen LogP contribution is 2.07. The van der Waals surface area contributed by atoms with Gasteiger partial charge in [-0.25, -0.2) is 0 Å². The van der Waals surface area contributed by atoms with Gasteiger partial charge < -0.3 is 38.3 Å². The number of aliphatic imine (C=N–C) groups is 1. The molecule has 4 atom stereocenters. The number of amides is 3. The standard InChI is InChI=1S/C23H37N7O5S/c1-14(22(34)35)28-20(32)17(9-6-11-27-23(25)26)30-21(33)18(10-12-36-2)29-19(31)16(24)13-15-7-4-3-5-8-15/h3-5,7-8,14,16-18H,6,9-13,24H2,1-2H3,(H,28,32)(H,29,31)(H,30,33)(H,34,35)(H4,25,26,27). The van der Waals surface area contributed by atoms with Gasteiger partial charge in [0.2, 0.25) is 17.7 Å². The number of thioether (sulfide) groups is 1. The minimum Gasteiger partial charge on any atom is -0.480 e. The third kappa shape index (κ3) is 11.9. The average molecular weight is 524 g/mol. The van der Waals surface area contributed by atoms with Gasteiger partial charge >= 0.3 is 5.97 Å². The zero-order valence-corrected chi connectivity index (χ0v) is 21.4. The largest absolute Gasteiger partial charge is 0.480 e. The van der Waals surface area contributed by atoms with Gasteiger partial charge in [0.05, 0.1) is 6.04 Å². The number of rotatable bonds is 16. The van der Waals surface area contributed by atoms with Crippen molar-refractivity contribution in [3.63, 3.8) is 0 Å². The Hall–Kier alpha value is -3.32. The molecule has 1 aromatic rings. The summed E-state index contributed by atoms with van der Waals surface area (Å²) in [7, 11) is 0. The molecule has 1 aromatic carbocycles. The van der Waals surface area contributed by atoms with E-state index in [1.165, 1.54) is 18.7 Å². The van der Waals surface area contributed by atoms with E-state index in [9.17, 15) is 19.2 Å². The average Bonchev–Trinajstić information content (AvgIpc) is 2.83. The topological polar surface area (TPSA) is 215 Å². The van der Waals surface area contributed by atoms with Crippen molar-refractivity contribution < 1.29 is 24.3 Å². The van der Waals surface area contributed by atoms with Crippen LogP contribution in [0.5, 0.6) is 0 Å². The third-order valence-corrected chi connectivity index (χ3v) is 5.83. The van der Waals surface area contributed by atoms with Crippen LogP contribution in [-0.2, 0) is 25.6 Å². The fraction of sp³-hybridized carbons (Fsp3) is 0.522. The molecule has 0 radical (unpaired) electrons. The number of nitrogens with zero attached hydrogens (tertiary/aromatic N) is 1. The summed E-state index contributed by atoms with van der Waals surface area (Å²) in [6, 6.07) is 5.25. The number of nitrogens with one attached hydrogen (secondary N) is 3. The lowest BCUT2D eigenvalue weighted by Gasteiger charge is -2.24. The molecule has 1 rings (SSSR count).